The number of rotatable bonds is 3. The molecule has 0 aliphatic carbocycles. The quantitative estimate of drug-likeness (QED) is 0.574. The lowest BCUT2D eigenvalue weighted by molar-refractivity contribution is 0.249. The Bertz CT molecular complexity index is 841. The summed E-state index contributed by atoms with van der Waals surface area (Å²) in [7, 11) is 0. The van der Waals surface area contributed by atoms with Crippen LogP contribution < -0.4 is 11.2 Å². The smallest absolute Gasteiger partial charge is 0.332 e. The normalized spacial score (nSPS) is 10.9. The number of hydrogen-bond acceptors (Lipinski definition) is 3. The number of nitrogens with two attached hydrogens (primary N) is 1. The molecule has 1 heterocycles. The number of aromatic nitrogens is 1. The molecule has 0 aliphatic heterocycles. The summed E-state index contributed by atoms with van der Waals surface area (Å²) in [6, 6.07) is 17.2. The van der Waals surface area contributed by atoms with Crippen LogP contribution in [-0.2, 0) is 0 Å². The maximum atomic E-state index is 10.5. The van der Waals surface area contributed by atoms with Gasteiger partial charge in [-0.05, 0) is 23.3 Å². The zero-order valence-corrected chi connectivity index (χ0v) is 11.7. The van der Waals surface area contributed by atoms with Crippen molar-refractivity contribution in [2.24, 2.45) is 10.8 Å². The van der Waals surface area contributed by atoms with Crippen LogP contribution >= 0.6 is 0 Å². The molecule has 0 atom stereocenters. The highest BCUT2D eigenvalue weighted by atomic mass is 16.2. The van der Waals surface area contributed by atoms with E-state index >= 15 is 0 Å². The number of nitrogens with zero attached hydrogens (tertiary/aromatic N) is 2. The molecule has 0 spiro atoms. The first-order valence-electron chi connectivity index (χ1n) is 6.76. The van der Waals surface area contributed by atoms with E-state index < -0.39 is 6.03 Å². The van der Waals surface area contributed by atoms with Crippen molar-refractivity contribution < 1.29 is 4.79 Å². The minimum absolute atomic E-state index is 0.685. The fourth-order valence-electron chi connectivity index (χ4n) is 2.16. The lowest BCUT2D eigenvalue weighted by Gasteiger charge is -2.04. The van der Waals surface area contributed by atoms with Gasteiger partial charge in [0.25, 0.3) is 0 Å². The summed E-state index contributed by atoms with van der Waals surface area (Å²) in [4.78, 5) is 15.0. The van der Waals surface area contributed by atoms with Gasteiger partial charge in [-0.2, -0.15) is 5.10 Å². The molecule has 0 unspecified atom stereocenters. The molecule has 0 saturated heterocycles. The van der Waals surface area contributed by atoms with E-state index in [1.54, 1.807) is 0 Å². The second kappa shape index (κ2) is 6.05. The molecule has 5 nitrogen and oxygen atoms in total. The van der Waals surface area contributed by atoms with Crippen molar-refractivity contribution in [3.05, 3.63) is 66.4 Å². The number of amides is 2. The van der Waals surface area contributed by atoms with E-state index in [1.807, 2.05) is 54.7 Å². The molecule has 2 amide bonds. The molecule has 3 aromatic rings. The standard InChI is InChI=1S/C17H14N4O/c18-17(22)21-20-10-12-5-7-13(8-6-12)15-9-14-3-1-2-4-16(14)19-11-15/h1-11H,(H3,18,21,22). The number of urea groups is 1. The number of benzene rings is 2. The molecule has 3 rings (SSSR count). The van der Waals surface area contributed by atoms with Crippen LogP contribution in [-0.4, -0.2) is 17.2 Å². The molecular weight excluding hydrogens is 276 g/mol. The number of hydrazone groups is 1. The van der Waals surface area contributed by atoms with Crippen LogP contribution in [0.1, 0.15) is 5.56 Å². The van der Waals surface area contributed by atoms with E-state index in [0.717, 1.165) is 27.6 Å². The molecule has 3 N–H and O–H groups in total. The van der Waals surface area contributed by atoms with Gasteiger partial charge in [-0.3, -0.25) is 4.98 Å². The largest absolute Gasteiger partial charge is 0.350 e. The summed E-state index contributed by atoms with van der Waals surface area (Å²) < 4.78 is 0. The average molecular weight is 290 g/mol. The topological polar surface area (TPSA) is 80.4 Å². The zero-order valence-electron chi connectivity index (χ0n) is 11.7. The highest BCUT2D eigenvalue weighted by Gasteiger charge is 2.00. The summed E-state index contributed by atoms with van der Waals surface area (Å²) in [5.74, 6) is 0. The Balaban J connectivity index is 1.84. The van der Waals surface area contributed by atoms with Crippen LogP contribution in [0.3, 0.4) is 0 Å². The van der Waals surface area contributed by atoms with Crippen molar-refractivity contribution in [2.75, 3.05) is 0 Å². The summed E-state index contributed by atoms with van der Waals surface area (Å²) in [6.45, 7) is 0. The number of primary amides is 1. The van der Waals surface area contributed by atoms with Crippen LogP contribution in [0.25, 0.3) is 22.0 Å². The van der Waals surface area contributed by atoms with Crippen LogP contribution in [0.2, 0.25) is 0 Å². The number of fused-ring (bicyclic) bond motifs is 1. The fraction of sp³-hybridized carbons (Fsp3) is 0. The number of hydrogen-bond donors (Lipinski definition) is 2. The number of pyridine rings is 1. The van der Waals surface area contributed by atoms with Crippen molar-refractivity contribution in [3.8, 4) is 11.1 Å². The maximum Gasteiger partial charge on any atom is 0.332 e. The van der Waals surface area contributed by atoms with E-state index in [0.29, 0.717) is 0 Å². The van der Waals surface area contributed by atoms with E-state index in [2.05, 4.69) is 21.6 Å². The Morgan fingerprint density at radius 2 is 1.86 bits per heavy atom. The lowest BCUT2D eigenvalue weighted by atomic mass is 10.0. The molecular formula is C17H14N4O. The van der Waals surface area contributed by atoms with Crippen LogP contribution in [0.5, 0.6) is 0 Å². The number of nitrogens with one attached hydrogen (secondary N) is 1. The number of carbonyl (C=O) groups is 1. The van der Waals surface area contributed by atoms with Crippen molar-refractivity contribution in [3.63, 3.8) is 0 Å². The summed E-state index contributed by atoms with van der Waals surface area (Å²) >= 11 is 0. The average Bonchev–Trinajstić information content (AvgIpc) is 2.55. The van der Waals surface area contributed by atoms with Gasteiger partial charge in [0.2, 0.25) is 0 Å². The number of para-hydroxylation sites is 1. The van der Waals surface area contributed by atoms with Gasteiger partial charge in [0, 0.05) is 17.1 Å². The van der Waals surface area contributed by atoms with Gasteiger partial charge in [0.1, 0.15) is 0 Å². The molecule has 0 saturated carbocycles. The summed E-state index contributed by atoms with van der Waals surface area (Å²) in [5, 5.41) is 4.83. The SMILES string of the molecule is NC(=O)NN=Cc1ccc(-c2cnc3ccccc3c2)cc1. The van der Waals surface area contributed by atoms with Gasteiger partial charge in [0.05, 0.1) is 11.7 Å². The van der Waals surface area contributed by atoms with Gasteiger partial charge < -0.3 is 5.73 Å². The minimum Gasteiger partial charge on any atom is -0.350 e. The molecule has 0 radical (unpaired) electrons. The van der Waals surface area contributed by atoms with E-state index in [-0.39, 0.29) is 0 Å². The summed E-state index contributed by atoms with van der Waals surface area (Å²) in [5.41, 5.74) is 11.1. The first-order chi connectivity index (χ1) is 10.7. The van der Waals surface area contributed by atoms with Crippen molar-refractivity contribution >= 4 is 23.1 Å². The van der Waals surface area contributed by atoms with Crippen LogP contribution in [0.4, 0.5) is 4.79 Å². The fourth-order valence-corrected chi connectivity index (χ4v) is 2.16. The maximum absolute atomic E-state index is 10.5. The molecule has 22 heavy (non-hydrogen) atoms. The van der Waals surface area contributed by atoms with Gasteiger partial charge in [-0.25, -0.2) is 10.2 Å². The van der Waals surface area contributed by atoms with E-state index in [9.17, 15) is 4.79 Å². The van der Waals surface area contributed by atoms with Crippen molar-refractivity contribution in [1.29, 1.82) is 0 Å². The van der Waals surface area contributed by atoms with Crippen LogP contribution in [0, 0.1) is 0 Å². The Labute approximate surface area is 127 Å². The highest BCUT2D eigenvalue weighted by molar-refractivity contribution is 5.85. The molecule has 5 heteroatoms. The lowest BCUT2D eigenvalue weighted by Crippen LogP contribution is -2.24. The molecule has 0 fully saturated rings. The Kier molecular flexibility index (Phi) is 3.78. The molecule has 1 aromatic heterocycles. The Morgan fingerprint density at radius 3 is 2.64 bits per heavy atom. The van der Waals surface area contributed by atoms with E-state index in [1.165, 1.54) is 6.21 Å². The highest BCUT2D eigenvalue weighted by Crippen LogP contribution is 2.22. The van der Waals surface area contributed by atoms with Gasteiger partial charge in [-0.15, -0.1) is 0 Å². The third kappa shape index (κ3) is 3.09. The third-order valence-corrected chi connectivity index (χ3v) is 3.22. The molecule has 2 aromatic carbocycles. The summed E-state index contributed by atoms with van der Waals surface area (Å²) in [6.07, 6.45) is 3.40. The molecule has 0 bridgehead atoms. The van der Waals surface area contributed by atoms with Crippen molar-refractivity contribution in [1.82, 2.24) is 10.4 Å². The zero-order chi connectivity index (χ0) is 15.4. The Morgan fingerprint density at radius 1 is 1.09 bits per heavy atom. The first kappa shape index (κ1) is 13.8. The van der Waals surface area contributed by atoms with Gasteiger partial charge >= 0.3 is 6.03 Å². The van der Waals surface area contributed by atoms with Gasteiger partial charge in [0.15, 0.2) is 0 Å². The predicted octanol–water partition coefficient (Wildman–Crippen LogP) is 2.90. The predicted molar refractivity (Wildman–Crippen MR) is 87.5 cm³/mol. The van der Waals surface area contributed by atoms with Gasteiger partial charge in [-0.1, -0.05) is 42.5 Å². The van der Waals surface area contributed by atoms with Crippen molar-refractivity contribution in [2.45, 2.75) is 0 Å². The second-order valence-electron chi connectivity index (χ2n) is 4.77. The second-order valence-corrected chi connectivity index (χ2v) is 4.77. The Hall–Kier alpha value is -3.21. The molecule has 0 aliphatic rings. The first-order valence-corrected chi connectivity index (χ1v) is 6.76. The van der Waals surface area contributed by atoms with E-state index in [4.69, 9.17) is 5.73 Å². The number of carbonyl (C=O) groups excluding carboxylic acids is 1. The monoisotopic (exact) mass is 290 g/mol. The molecule has 108 valence electrons. The minimum atomic E-state index is -0.685. The van der Waals surface area contributed by atoms with Crippen LogP contribution in [0.15, 0.2) is 65.9 Å². The third-order valence-electron chi connectivity index (χ3n) is 3.22.